The van der Waals surface area contributed by atoms with Crippen LogP contribution in [0.4, 0.5) is 0 Å². The van der Waals surface area contributed by atoms with E-state index in [-0.39, 0.29) is 12.1 Å². The Hall–Kier alpha value is -3.32. The van der Waals surface area contributed by atoms with Gasteiger partial charge in [-0.1, -0.05) is 30.3 Å². The number of aliphatic hydroxyl groups is 1. The monoisotopic (exact) mass is 376 g/mol. The summed E-state index contributed by atoms with van der Waals surface area (Å²) in [5, 5.41) is 10.9. The van der Waals surface area contributed by atoms with Gasteiger partial charge >= 0.3 is 0 Å². The molecule has 28 heavy (non-hydrogen) atoms. The van der Waals surface area contributed by atoms with Crippen LogP contribution in [0.15, 0.2) is 59.7 Å². The Balaban J connectivity index is 1.65. The topological polar surface area (TPSA) is 99.2 Å². The highest BCUT2D eigenvalue weighted by Crippen LogP contribution is 2.26. The first kappa shape index (κ1) is 18.1. The molecule has 142 valence electrons. The van der Waals surface area contributed by atoms with E-state index < -0.39 is 11.5 Å². The first-order valence-electron chi connectivity index (χ1n) is 9.06. The Kier molecular flexibility index (Phi) is 4.52. The zero-order valence-corrected chi connectivity index (χ0v) is 15.4. The van der Waals surface area contributed by atoms with Gasteiger partial charge in [-0.2, -0.15) is 0 Å². The lowest BCUT2D eigenvalue weighted by atomic mass is 9.93. The Morgan fingerprint density at radius 3 is 2.61 bits per heavy atom. The number of benzene rings is 1. The third kappa shape index (κ3) is 3.20. The number of hydrogen-bond acceptors (Lipinski definition) is 5. The van der Waals surface area contributed by atoms with Crippen molar-refractivity contribution in [3.8, 4) is 11.4 Å². The number of amides is 1. The Morgan fingerprint density at radius 1 is 1.18 bits per heavy atom. The van der Waals surface area contributed by atoms with Crippen molar-refractivity contribution in [2.45, 2.75) is 25.5 Å². The highest BCUT2D eigenvalue weighted by molar-refractivity contribution is 5.86. The number of aromatic nitrogens is 3. The quantitative estimate of drug-likeness (QED) is 0.724. The fourth-order valence-corrected chi connectivity index (χ4v) is 3.45. The van der Waals surface area contributed by atoms with E-state index in [2.05, 4.69) is 15.0 Å². The van der Waals surface area contributed by atoms with Gasteiger partial charge in [0.25, 0.3) is 11.5 Å². The molecule has 0 radical (unpaired) electrons. The lowest BCUT2D eigenvalue weighted by Crippen LogP contribution is -2.48. The standard InChI is InChI=1S/C21H20N4O3/c1-21(28,15-5-3-2-4-6-15)20(27)25-12-9-16-17(13-25)23-18(24-19(16)26)14-7-10-22-11-8-14/h2-8,10-11,28H,9,12-13H2,1H3,(H,23,24,26). The molecular weight excluding hydrogens is 356 g/mol. The summed E-state index contributed by atoms with van der Waals surface area (Å²) in [7, 11) is 0. The smallest absolute Gasteiger partial charge is 0.259 e. The Morgan fingerprint density at radius 2 is 1.89 bits per heavy atom. The van der Waals surface area contributed by atoms with Gasteiger partial charge in [-0.15, -0.1) is 0 Å². The zero-order valence-electron chi connectivity index (χ0n) is 15.4. The van der Waals surface area contributed by atoms with Crippen LogP contribution in [-0.4, -0.2) is 37.4 Å². The average molecular weight is 376 g/mol. The minimum absolute atomic E-state index is 0.180. The number of hydrogen-bond donors (Lipinski definition) is 2. The van der Waals surface area contributed by atoms with Crippen LogP contribution in [0.25, 0.3) is 11.4 Å². The van der Waals surface area contributed by atoms with Crippen LogP contribution in [0.5, 0.6) is 0 Å². The van der Waals surface area contributed by atoms with E-state index in [1.807, 2.05) is 6.07 Å². The molecule has 7 heteroatoms. The number of fused-ring (bicyclic) bond motifs is 1. The van der Waals surface area contributed by atoms with E-state index in [9.17, 15) is 14.7 Å². The molecule has 1 amide bonds. The van der Waals surface area contributed by atoms with Gasteiger partial charge in [-0.05, 0) is 31.0 Å². The summed E-state index contributed by atoms with van der Waals surface area (Å²) in [6.07, 6.45) is 3.65. The van der Waals surface area contributed by atoms with Gasteiger partial charge in [0.15, 0.2) is 5.60 Å². The second kappa shape index (κ2) is 7.01. The van der Waals surface area contributed by atoms with E-state index in [0.717, 1.165) is 5.56 Å². The van der Waals surface area contributed by atoms with E-state index >= 15 is 0 Å². The SMILES string of the molecule is CC(O)(C(=O)N1CCc2c(nc(-c3ccncc3)[nH]c2=O)C1)c1ccccc1. The molecule has 0 saturated heterocycles. The van der Waals surface area contributed by atoms with Crippen molar-refractivity contribution < 1.29 is 9.90 Å². The molecule has 0 saturated carbocycles. The fourth-order valence-electron chi connectivity index (χ4n) is 3.45. The molecule has 0 aliphatic carbocycles. The minimum Gasteiger partial charge on any atom is -0.376 e. The van der Waals surface area contributed by atoms with Crippen LogP contribution >= 0.6 is 0 Å². The predicted octanol–water partition coefficient (Wildman–Crippen LogP) is 1.62. The average Bonchev–Trinajstić information content (AvgIpc) is 2.74. The largest absolute Gasteiger partial charge is 0.376 e. The first-order chi connectivity index (χ1) is 13.5. The fraction of sp³-hybridized carbons (Fsp3) is 0.238. The summed E-state index contributed by atoms with van der Waals surface area (Å²) in [6, 6.07) is 12.4. The maximum absolute atomic E-state index is 13.0. The van der Waals surface area contributed by atoms with Crippen LogP contribution in [0.1, 0.15) is 23.7 Å². The van der Waals surface area contributed by atoms with Gasteiger partial charge in [-0.25, -0.2) is 4.98 Å². The van der Waals surface area contributed by atoms with E-state index in [4.69, 9.17) is 0 Å². The number of H-pyrrole nitrogens is 1. The maximum Gasteiger partial charge on any atom is 0.259 e. The first-order valence-corrected chi connectivity index (χ1v) is 9.06. The molecule has 1 aliphatic heterocycles. The summed E-state index contributed by atoms with van der Waals surface area (Å²) < 4.78 is 0. The summed E-state index contributed by atoms with van der Waals surface area (Å²) >= 11 is 0. The number of nitrogens with one attached hydrogen (secondary N) is 1. The molecule has 0 spiro atoms. The predicted molar refractivity (Wildman–Crippen MR) is 103 cm³/mol. The molecule has 1 atom stereocenters. The number of carbonyl (C=O) groups excluding carboxylic acids is 1. The molecule has 3 heterocycles. The molecule has 4 rings (SSSR count). The third-order valence-electron chi connectivity index (χ3n) is 5.07. The summed E-state index contributed by atoms with van der Waals surface area (Å²) in [5.74, 6) is 0.0344. The van der Waals surface area contributed by atoms with Gasteiger partial charge < -0.3 is 15.0 Å². The minimum atomic E-state index is -1.64. The Bertz CT molecular complexity index is 1060. The van der Waals surface area contributed by atoms with Crippen molar-refractivity contribution in [3.63, 3.8) is 0 Å². The number of aromatic amines is 1. The second-order valence-electron chi connectivity index (χ2n) is 6.99. The highest BCUT2D eigenvalue weighted by Gasteiger charge is 2.38. The van der Waals surface area contributed by atoms with Gasteiger partial charge in [0.05, 0.1) is 12.2 Å². The molecule has 2 N–H and O–H groups in total. The molecule has 0 fully saturated rings. The summed E-state index contributed by atoms with van der Waals surface area (Å²) in [5.41, 5.74) is 0.573. The molecule has 1 unspecified atom stereocenters. The van der Waals surface area contributed by atoms with Crippen molar-refractivity contribution in [1.82, 2.24) is 19.9 Å². The molecule has 3 aromatic rings. The van der Waals surface area contributed by atoms with Crippen molar-refractivity contribution in [1.29, 1.82) is 0 Å². The lowest BCUT2D eigenvalue weighted by molar-refractivity contribution is -0.151. The van der Waals surface area contributed by atoms with E-state index in [1.165, 1.54) is 6.92 Å². The maximum atomic E-state index is 13.0. The third-order valence-corrected chi connectivity index (χ3v) is 5.07. The van der Waals surface area contributed by atoms with Gasteiger partial charge in [0, 0.05) is 30.1 Å². The van der Waals surface area contributed by atoms with Crippen molar-refractivity contribution >= 4 is 5.91 Å². The van der Waals surface area contributed by atoms with Crippen LogP contribution in [0.3, 0.4) is 0 Å². The van der Waals surface area contributed by atoms with Gasteiger partial charge in [-0.3, -0.25) is 14.6 Å². The van der Waals surface area contributed by atoms with Crippen LogP contribution in [-0.2, 0) is 23.4 Å². The molecule has 1 aliphatic rings. The normalized spacial score (nSPS) is 15.6. The van der Waals surface area contributed by atoms with Crippen molar-refractivity contribution in [2.75, 3.05) is 6.54 Å². The van der Waals surface area contributed by atoms with Gasteiger partial charge in [0.2, 0.25) is 0 Å². The number of pyridine rings is 1. The number of carbonyl (C=O) groups is 1. The van der Waals surface area contributed by atoms with Crippen LogP contribution in [0.2, 0.25) is 0 Å². The van der Waals surface area contributed by atoms with Crippen molar-refractivity contribution in [3.05, 3.63) is 82.0 Å². The molecule has 7 nitrogen and oxygen atoms in total. The zero-order chi connectivity index (χ0) is 19.7. The van der Waals surface area contributed by atoms with Crippen molar-refractivity contribution in [2.24, 2.45) is 0 Å². The van der Waals surface area contributed by atoms with Crippen LogP contribution < -0.4 is 5.56 Å². The molecule has 2 aromatic heterocycles. The molecule has 0 bridgehead atoms. The van der Waals surface area contributed by atoms with Crippen LogP contribution in [0, 0.1) is 0 Å². The van der Waals surface area contributed by atoms with E-state index in [1.54, 1.807) is 53.7 Å². The number of nitrogens with zero attached hydrogens (tertiary/aromatic N) is 3. The summed E-state index contributed by atoms with van der Waals surface area (Å²) in [4.78, 5) is 38.4. The Labute approximate surface area is 161 Å². The van der Waals surface area contributed by atoms with Gasteiger partial charge in [0.1, 0.15) is 5.82 Å². The summed E-state index contributed by atoms with van der Waals surface area (Å²) in [6.45, 7) is 2.03. The number of rotatable bonds is 3. The van der Waals surface area contributed by atoms with E-state index in [0.29, 0.717) is 35.6 Å². The molecule has 1 aromatic carbocycles. The lowest BCUT2D eigenvalue weighted by Gasteiger charge is -2.34. The highest BCUT2D eigenvalue weighted by atomic mass is 16.3. The molecular formula is C21H20N4O3. The second-order valence-corrected chi connectivity index (χ2v) is 6.99.